The Bertz CT molecular complexity index is 2410. The molecule has 2 aromatic carbocycles. The third-order valence-electron chi connectivity index (χ3n) is 9.94. The summed E-state index contributed by atoms with van der Waals surface area (Å²) in [6.07, 6.45) is 13.4. The smallest absolute Gasteiger partial charge is 0.323 e. The molecule has 3 N–H and O–H groups in total. The highest BCUT2D eigenvalue weighted by Crippen LogP contribution is 2.31. The zero-order chi connectivity index (χ0) is 42.2. The molecule has 0 bridgehead atoms. The first-order chi connectivity index (χ1) is 28.4. The van der Waals surface area contributed by atoms with Gasteiger partial charge >= 0.3 is 6.03 Å². The van der Waals surface area contributed by atoms with Crippen LogP contribution in [-0.2, 0) is 27.2 Å². The van der Waals surface area contributed by atoms with E-state index in [9.17, 15) is 28.8 Å². The minimum Gasteiger partial charge on any atom is -0.497 e. The van der Waals surface area contributed by atoms with E-state index in [0.717, 1.165) is 15.6 Å². The average Bonchev–Trinajstić information content (AvgIpc) is 3.70. The molecule has 4 aromatic rings. The lowest BCUT2D eigenvalue weighted by Crippen LogP contribution is -2.56. The molecular weight excluding hydrogens is 822 g/mol. The van der Waals surface area contributed by atoms with Gasteiger partial charge in [0.1, 0.15) is 16.9 Å². The highest BCUT2D eigenvalue weighted by Gasteiger charge is 2.49. The van der Waals surface area contributed by atoms with Crippen molar-refractivity contribution in [3.05, 3.63) is 118 Å². The van der Waals surface area contributed by atoms with Gasteiger partial charge in [-0.2, -0.15) is 0 Å². The van der Waals surface area contributed by atoms with Gasteiger partial charge in [-0.25, -0.2) is 4.79 Å². The molecular formula is C43H38BrN7O8. The van der Waals surface area contributed by atoms with Crippen molar-refractivity contribution in [2.45, 2.75) is 24.8 Å². The van der Waals surface area contributed by atoms with Crippen LogP contribution in [0.2, 0.25) is 0 Å². The Kier molecular flexibility index (Phi) is 12.7. The fourth-order valence-corrected chi connectivity index (χ4v) is 7.06. The lowest BCUT2D eigenvalue weighted by molar-refractivity contribution is -0.127. The van der Waals surface area contributed by atoms with Crippen LogP contribution in [0, 0.1) is 29.6 Å². The zero-order valence-electron chi connectivity index (χ0n) is 32.0. The third-order valence-corrected chi connectivity index (χ3v) is 10.4. The second kappa shape index (κ2) is 18.0. The predicted octanol–water partition coefficient (Wildman–Crippen LogP) is 2.92. The van der Waals surface area contributed by atoms with Gasteiger partial charge in [-0.05, 0) is 88.4 Å². The highest BCUT2D eigenvalue weighted by atomic mass is 79.9. The predicted molar refractivity (Wildman–Crippen MR) is 217 cm³/mol. The largest absolute Gasteiger partial charge is 0.497 e. The number of carbonyl (C=O) groups excluding carboxylic acids is 6. The van der Waals surface area contributed by atoms with Crippen LogP contribution in [0.25, 0.3) is 0 Å². The first-order valence-corrected chi connectivity index (χ1v) is 19.1. The fourth-order valence-electron chi connectivity index (χ4n) is 6.79. The molecule has 2 atom stereocenters. The third kappa shape index (κ3) is 9.41. The van der Waals surface area contributed by atoms with Crippen LogP contribution >= 0.6 is 15.9 Å². The fraction of sp³-hybridized carbons (Fsp3) is 0.256. The van der Waals surface area contributed by atoms with Crippen molar-refractivity contribution in [2.24, 2.45) is 5.41 Å². The Morgan fingerprint density at radius 3 is 1.81 bits per heavy atom. The number of nitrogens with one attached hydrogen (secondary N) is 3. The van der Waals surface area contributed by atoms with E-state index in [0.29, 0.717) is 54.1 Å². The summed E-state index contributed by atoms with van der Waals surface area (Å²) >= 11 is 3.25. The number of amides is 7. The summed E-state index contributed by atoms with van der Waals surface area (Å²) < 4.78 is 11.4. The standard InChI is InChI=1S/C21H18N4O4.C17H16N2O4.C5H4BrN/c1-29-16-5-4-15-7-10-25(18(26)17(15)11-16)13-21(19(27)23-20(28)24-21)8-6-14-3-2-9-22-12-14;1-3-17(9-14(20)18-16(17)22)10-19-7-6-11-4-5-12(23-2)8-13(11)15(19)21;6-5-2-1-3-7-4-5/h2-5,9,11-12H,7,10,13H2,1H3,(H2,23,24,27,28);1,4-5,8H,6-7,9-10H2,2H3,(H,18,20,22);1-4H/t21-;17-;/m11./s1. The van der Waals surface area contributed by atoms with Crippen molar-refractivity contribution in [3.8, 4) is 35.7 Å². The molecule has 0 aliphatic carbocycles. The van der Waals surface area contributed by atoms with Gasteiger partial charge in [-0.1, -0.05) is 29.9 Å². The summed E-state index contributed by atoms with van der Waals surface area (Å²) in [5, 5.41) is 7.03. The number of halogens is 1. The molecule has 6 heterocycles. The topological polar surface area (TPSA) is 189 Å². The molecule has 2 aromatic heterocycles. The van der Waals surface area contributed by atoms with E-state index in [4.69, 9.17) is 15.9 Å². The van der Waals surface area contributed by atoms with Gasteiger partial charge in [0.05, 0.1) is 27.2 Å². The number of nitrogens with zero attached hydrogens (tertiary/aromatic N) is 4. The van der Waals surface area contributed by atoms with Crippen molar-refractivity contribution in [2.75, 3.05) is 40.4 Å². The number of hydrogen-bond acceptors (Lipinski definition) is 10. The number of rotatable bonds is 6. The normalized spacial score (nSPS) is 20.1. The van der Waals surface area contributed by atoms with E-state index in [1.165, 1.54) is 19.1 Å². The molecule has 0 unspecified atom stereocenters. The molecule has 15 nitrogen and oxygen atoms in total. The van der Waals surface area contributed by atoms with Crippen LogP contribution in [0.4, 0.5) is 4.79 Å². The van der Waals surface area contributed by atoms with E-state index in [2.05, 4.69) is 59.6 Å². The maximum atomic E-state index is 13.0. The van der Waals surface area contributed by atoms with Crippen molar-refractivity contribution in [1.82, 2.24) is 35.7 Å². The number of hydrogen-bond donors (Lipinski definition) is 3. The molecule has 59 heavy (non-hydrogen) atoms. The van der Waals surface area contributed by atoms with Crippen LogP contribution in [-0.4, -0.2) is 101 Å². The molecule has 16 heteroatoms. The van der Waals surface area contributed by atoms with Gasteiger partial charge in [0, 0.05) is 65.6 Å². The van der Waals surface area contributed by atoms with Crippen molar-refractivity contribution in [1.29, 1.82) is 0 Å². The summed E-state index contributed by atoms with van der Waals surface area (Å²) in [4.78, 5) is 84.6. The number of carbonyl (C=O) groups is 6. The van der Waals surface area contributed by atoms with Gasteiger partial charge in [0.2, 0.25) is 17.4 Å². The summed E-state index contributed by atoms with van der Waals surface area (Å²) in [7, 11) is 3.07. The van der Waals surface area contributed by atoms with Crippen molar-refractivity contribution >= 4 is 51.5 Å². The molecule has 2 saturated heterocycles. The SMILES string of the molecule is Brc1cccnc1.C#C[C@]1(CN2CCc3ccc(OC)cc3C2=O)CC(=O)NC1=O.COc1ccc2c(c1)C(=O)N(C[C@@]1(C#Cc3cccnc3)NC(=O)NC1=O)CC2. The summed E-state index contributed by atoms with van der Waals surface area (Å²) in [6.45, 7) is 0.852. The van der Waals surface area contributed by atoms with Crippen molar-refractivity contribution < 1.29 is 38.2 Å². The maximum Gasteiger partial charge on any atom is 0.323 e. The number of fused-ring (bicyclic) bond motifs is 2. The molecule has 4 aliphatic rings. The Balaban J connectivity index is 0.000000173. The second-order valence-electron chi connectivity index (χ2n) is 13.8. The Morgan fingerprint density at radius 2 is 1.37 bits per heavy atom. The van der Waals surface area contributed by atoms with Gasteiger partial charge in [-0.3, -0.25) is 44.6 Å². The Labute approximate surface area is 348 Å². The molecule has 2 fully saturated rings. The minimum absolute atomic E-state index is 0.0383. The Morgan fingerprint density at radius 1 is 0.780 bits per heavy atom. The number of terminal acetylenes is 1. The van der Waals surface area contributed by atoms with Crippen molar-refractivity contribution in [3.63, 3.8) is 0 Å². The molecule has 0 saturated carbocycles. The van der Waals surface area contributed by atoms with Crippen LogP contribution < -0.4 is 25.4 Å². The number of aromatic nitrogens is 2. The van der Waals surface area contributed by atoms with E-state index in [1.807, 2.05) is 36.4 Å². The number of methoxy groups -OCH3 is 2. The first-order valence-electron chi connectivity index (χ1n) is 18.3. The minimum atomic E-state index is -1.53. The maximum absolute atomic E-state index is 13.0. The number of ether oxygens (including phenoxy) is 2. The quantitative estimate of drug-likeness (QED) is 0.148. The average molecular weight is 861 g/mol. The number of urea groups is 1. The van der Waals surface area contributed by atoms with Crippen LogP contribution in [0.1, 0.15) is 43.8 Å². The second-order valence-corrected chi connectivity index (χ2v) is 14.7. The van der Waals surface area contributed by atoms with E-state index in [-0.39, 0.29) is 31.3 Å². The number of imide groups is 2. The lowest BCUT2D eigenvalue weighted by atomic mass is 9.85. The molecule has 300 valence electrons. The Hall–Kier alpha value is -7.04. The number of benzene rings is 2. The molecule has 0 radical (unpaired) electrons. The lowest BCUT2D eigenvalue weighted by Gasteiger charge is -2.33. The van der Waals surface area contributed by atoms with E-state index >= 15 is 0 Å². The summed E-state index contributed by atoms with van der Waals surface area (Å²) in [5.41, 5.74) is 0.725. The monoisotopic (exact) mass is 859 g/mol. The van der Waals surface area contributed by atoms with Gasteiger partial charge in [-0.15, -0.1) is 6.42 Å². The van der Waals surface area contributed by atoms with Gasteiger partial charge < -0.3 is 24.6 Å². The molecule has 0 spiro atoms. The number of pyridine rings is 2. The van der Waals surface area contributed by atoms with E-state index < -0.39 is 34.7 Å². The molecule has 4 aliphatic heterocycles. The molecule has 7 amide bonds. The molecule has 8 rings (SSSR count). The van der Waals surface area contributed by atoms with Crippen LogP contribution in [0.5, 0.6) is 11.5 Å². The zero-order valence-corrected chi connectivity index (χ0v) is 33.6. The van der Waals surface area contributed by atoms with Gasteiger partial charge in [0.25, 0.3) is 17.7 Å². The van der Waals surface area contributed by atoms with Crippen LogP contribution in [0.15, 0.2) is 89.9 Å². The van der Waals surface area contributed by atoms with Crippen LogP contribution in [0.3, 0.4) is 0 Å². The summed E-state index contributed by atoms with van der Waals surface area (Å²) in [5.74, 6) is 7.40. The highest BCUT2D eigenvalue weighted by molar-refractivity contribution is 9.10. The summed E-state index contributed by atoms with van der Waals surface area (Å²) in [6, 6.07) is 17.4. The van der Waals surface area contributed by atoms with Gasteiger partial charge in [0.15, 0.2) is 0 Å². The first kappa shape index (κ1) is 41.6. The van der Waals surface area contributed by atoms with E-state index in [1.54, 1.807) is 54.0 Å².